The van der Waals surface area contributed by atoms with Crippen LogP contribution in [0.1, 0.15) is 19.3 Å². The lowest BCUT2D eigenvalue weighted by Gasteiger charge is -2.34. The van der Waals surface area contributed by atoms with Crippen molar-refractivity contribution in [3.8, 4) is 0 Å². The number of rotatable bonds is 5. The van der Waals surface area contributed by atoms with Gasteiger partial charge in [0.25, 0.3) is 0 Å². The Labute approximate surface area is 112 Å². The van der Waals surface area contributed by atoms with Crippen molar-refractivity contribution in [1.29, 1.82) is 0 Å². The first-order chi connectivity index (χ1) is 8.81. The van der Waals surface area contributed by atoms with Crippen molar-refractivity contribution in [2.24, 2.45) is 0 Å². The van der Waals surface area contributed by atoms with E-state index in [9.17, 15) is 0 Å². The molecular weight excluding hydrogens is 248 g/mol. The first-order valence-corrected chi connectivity index (χ1v) is 7.20. The summed E-state index contributed by atoms with van der Waals surface area (Å²) in [7, 11) is 1.75. The highest BCUT2D eigenvalue weighted by atomic mass is 32.2. The first kappa shape index (κ1) is 13.9. The van der Waals surface area contributed by atoms with Gasteiger partial charge in [-0.2, -0.15) is 0 Å². The normalized spacial score (nSPS) is 28.2. The second-order valence-electron chi connectivity index (χ2n) is 4.46. The highest BCUT2D eigenvalue weighted by Crippen LogP contribution is 2.34. The number of aliphatic hydroxyl groups excluding tert-OH is 1. The Morgan fingerprint density at radius 3 is 2.78 bits per heavy atom. The summed E-state index contributed by atoms with van der Waals surface area (Å²) < 4.78 is 11.4. The van der Waals surface area contributed by atoms with E-state index in [-0.39, 0.29) is 24.3 Å². The number of benzene rings is 1. The molecule has 1 aromatic carbocycles. The fourth-order valence-electron chi connectivity index (χ4n) is 2.18. The molecule has 0 bridgehead atoms. The Morgan fingerprint density at radius 1 is 1.33 bits per heavy atom. The number of hydrogen-bond donors (Lipinski definition) is 1. The molecule has 1 N–H and O–H groups in total. The predicted molar refractivity (Wildman–Crippen MR) is 72.7 cm³/mol. The van der Waals surface area contributed by atoms with Crippen LogP contribution in [-0.2, 0) is 9.47 Å². The summed E-state index contributed by atoms with van der Waals surface area (Å²) in [6.07, 6.45) is 2.80. The van der Waals surface area contributed by atoms with Crippen molar-refractivity contribution in [3.05, 3.63) is 30.3 Å². The predicted octanol–water partition coefficient (Wildman–Crippen LogP) is 2.68. The second-order valence-corrected chi connectivity index (χ2v) is 5.69. The third kappa shape index (κ3) is 3.99. The van der Waals surface area contributed by atoms with E-state index in [2.05, 4.69) is 12.1 Å². The molecule has 1 fully saturated rings. The Kier molecular flexibility index (Phi) is 5.50. The molecule has 3 nitrogen and oxygen atoms in total. The van der Waals surface area contributed by atoms with Crippen LogP contribution in [0, 0.1) is 0 Å². The number of ether oxygens (including phenoxy) is 2. The summed E-state index contributed by atoms with van der Waals surface area (Å²) in [6.45, 7) is 0.170. The van der Waals surface area contributed by atoms with E-state index in [1.54, 1.807) is 18.9 Å². The zero-order chi connectivity index (χ0) is 12.8. The van der Waals surface area contributed by atoms with Gasteiger partial charge in [0.2, 0.25) is 0 Å². The van der Waals surface area contributed by atoms with Crippen molar-refractivity contribution >= 4 is 11.8 Å². The van der Waals surface area contributed by atoms with E-state index in [1.165, 1.54) is 4.90 Å². The van der Waals surface area contributed by atoms with Crippen molar-refractivity contribution in [1.82, 2.24) is 0 Å². The third-order valence-corrected chi connectivity index (χ3v) is 4.23. The van der Waals surface area contributed by atoms with Gasteiger partial charge in [-0.1, -0.05) is 30.0 Å². The Hall–Kier alpha value is -0.550. The fraction of sp³-hybridized carbons (Fsp3) is 0.571. The van der Waals surface area contributed by atoms with Gasteiger partial charge < -0.3 is 14.6 Å². The monoisotopic (exact) mass is 268 g/mol. The number of aliphatic hydroxyl groups is 1. The summed E-state index contributed by atoms with van der Waals surface area (Å²) in [6, 6.07) is 10.3. The van der Waals surface area contributed by atoms with E-state index in [4.69, 9.17) is 14.6 Å². The van der Waals surface area contributed by atoms with E-state index < -0.39 is 0 Å². The third-order valence-electron chi connectivity index (χ3n) is 3.12. The van der Waals surface area contributed by atoms with Crippen LogP contribution in [0.25, 0.3) is 0 Å². The molecule has 1 heterocycles. The lowest BCUT2D eigenvalue weighted by atomic mass is 10.0. The van der Waals surface area contributed by atoms with Gasteiger partial charge in [0.1, 0.15) is 5.44 Å². The molecule has 1 saturated heterocycles. The average molecular weight is 268 g/mol. The molecule has 1 aromatic rings. The van der Waals surface area contributed by atoms with Crippen LogP contribution in [0.4, 0.5) is 0 Å². The Bertz CT molecular complexity index is 344. The van der Waals surface area contributed by atoms with Crippen LogP contribution < -0.4 is 0 Å². The van der Waals surface area contributed by atoms with Gasteiger partial charge in [0, 0.05) is 31.5 Å². The largest absolute Gasteiger partial charge is 0.396 e. The highest BCUT2D eigenvalue weighted by Gasteiger charge is 2.29. The summed E-state index contributed by atoms with van der Waals surface area (Å²) in [5.41, 5.74) is 0.114. The summed E-state index contributed by atoms with van der Waals surface area (Å²) in [5.74, 6) is 0. The lowest BCUT2D eigenvalue weighted by molar-refractivity contribution is -0.0785. The molecule has 0 radical (unpaired) electrons. The maximum Gasteiger partial charge on any atom is 0.110 e. The molecule has 100 valence electrons. The molecule has 0 spiro atoms. The molecule has 0 amide bonds. The fourth-order valence-corrected chi connectivity index (χ4v) is 3.32. The van der Waals surface area contributed by atoms with Gasteiger partial charge in [0.05, 0.1) is 12.2 Å². The van der Waals surface area contributed by atoms with Crippen LogP contribution in [0.5, 0.6) is 0 Å². The zero-order valence-electron chi connectivity index (χ0n) is 10.6. The first-order valence-electron chi connectivity index (χ1n) is 6.32. The van der Waals surface area contributed by atoms with Gasteiger partial charge in [-0.3, -0.25) is 0 Å². The Balaban J connectivity index is 1.94. The molecule has 4 heteroatoms. The van der Waals surface area contributed by atoms with Crippen LogP contribution in [-0.4, -0.2) is 36.5 Å². The van der Waals surface area contributed by atoms with Crippen LogP contribution >= 0.6 is 11.8 Å². The molecule has 0 aromatic heterocycles. The van der Waals surface area contributed by atoms with Gasteiger partial charge >= 0.3 is 0 Å². The lowest BCUT2D eigenvalue weighted by Crippen LogP contribution is -2.35. The van der Waals surface area contributed by atoms with Crippen molar-refractivity contribution in [2.75, 3.05) is 13.7 Å². The van der Waals surface area contributed by atoms with E-state index >= 15 is 0 Å². The molecule has 1 aliphatic heterocycles. The van der Waals surface area contributed by atoms with E-state index in [0.717, 1.165) is 12.8 Å². The molecule has 2 rings (SSSR count). The van der Waals surface area contributed by atoms with E-state index in [1.807, 2.05) is 18.2 Å². The van der Waals surface area contributed by atoms with Crippen LogP contribution in [0.3, 0.4) is 0 Å². The maximum atomic E-state index is 9.03. The molecule has 0 saturated carbocycles. The minimum absolute atomic E-state index is 0.106. The minimum atomic E-state index is 0.106. The molecule has 0 unspecified atom stereocenters. The second kappa shape index (κ2) is 7.14. The number of methoxy groups -OCH3 is 1. The zero-order valence-corrected chi connectivity index (χ0v) is 11.4. The summed E-state index contributed by atoms with van der Waals surface area (Å²) in [4.78, 5) is 1.21. The average Bonchev–Trinajstić information content (AvgIpc) is 2.40. The highest BCUT2D eigenvalue weighted by molar-refractivity contribution is 7.99. The smallest absolute Gasteiger partial charge is 0.110 e. The van der Waals surface area contributed by atoms with Gasteiger partial charge in [0.15, 0.2) is 0 Å². The number of hydrogen-bond acceptors (Lipinski definition) is 4. The molecule has 1 aliphatic rings. The molecule has 0 aliphatic carbocycles. The summed E-state index contributed by atoms with van der Waals surface area (Å²) >= 11 is 1.73. The van der Waals surface area contributed by atoms with Crippen LogP contribution in [0.15, 0.2) is 35.2 Å². The van der Waals surface area contributed by atoms with E-state index in [0.29, 0.717) is 6.42 Å². The van der Waals surface area contributed by atoms with Gasteiger partial charge in [-0.15, -0.1) is 0 Å². The quantitative estimate of drug-likeness (QED) is 0.891. The standard InChI is InChI=1S/C14H20O3S/c1-16-12-9-11(7-8-15)17-14(10-12)18-13-5-3-2-4-6-13/h2-6,11-12,14-15H,7-10H2,1H3/t11-,12+,14+/m1/s1. The maximum absolute atomic E-state index is 9.03. The minimum Gasteiger partial charge on any atom is -0.396 e. The van der Waals surface area contributed by atoms with Gasteiger partial charge in [-0.25, -0.2) is 0 Å². The molecular formula is C14H20O3S. The molecule has 18 heavy (non-hydrogen) atoms. The van der Waals surface area contributed by atoms with Crippen molar-refractivity contribution in [3.63, 3.8) is 0 Å². The molecule has 3 atom stereocenters. The van der Waals surface area contributed by atoms with Gasteiger partial charge in [-0.05, 0) is 18.6 Å². The SMILES string of the molecule is CO[C@H]1C[C@@H](CCO)O[C@@H](Sc2ccccc2)C1. The topological polar surface area (TPSA) is 38.7 Å². The van der Waals surface area contributed by atoms with Crippen molar-refractivity contribution in [2.45, 2.75) is 41.8 Å². The number of thioether (sulfide) groups is 1. The summed E-state index contributed by atoms with van der Waals surface area (Å²) in [5, 5.41) is 9.03. The van der Waals surface area contributed by atoms with Crippen molar-refractivity contribution < 1.29 is 14.6 Å². The van der Waals surface area contributed by atoms with Crippen LogP contribution in [0.2, 0.25) is 0 Å². The Morgan fingerprint density at radius 2 is 2.11 bits per heavy atom.